The Balaban J connectivity index is 1.14. The highest BCUT2D eigenvalue weighted by molar-refractivity contribution is 7.87. The molecule has 0 bridgehead atoms. The number of para-hydroxylation sites is 1. The number of nitrogens with one attached hydrogen (secondary N) is 3. The van der Waals surface area contributed by atoms with Gasteiger partial charge in [0.25, 0.3) is 5.91 Å². The van der Waals surface area contributed by atoms with E-state index < -0.39 is 51.7 Å². The number of nitrogens with zero attached hydrogens (tertiary/aromatic N) is 4. The number of aryl methyl sites for hydroxylation is 1. The van der Waals surface area contributed by atoms with Gasteiger partial charge in [-0.1, -0.05) is 63.5 Å². The molecule has 3 amide bonds. The number of anilines is 1. The molecule has 4 aromatic rings. The predicted molar refractivity (Wildman–Crippen MR) is 240 cm³/mol. The fraction of sp³-hybridized carbons (Fsp3) is 0.500. The molecule has 2 aromatic carbocycles. The topological polar surface area (TPSA) is 172 Å². The van der Waals surface area contributed by atoms with Crippen LogP contribution in [-0.2, 0) is 24.6 Å². The average molecular weight is 884 g/mol. The number of carbonyl (C=O) groups excluding carboxylic acids is 3. The lowest BCUT2D eigenvalue weighted by Gasteiger charge is -2.30. The number of benzene rings is 2. The molecule has 14 nitrogen and oxygen atoms in total. The molecule has 330 valence electrons. The second-order valence-corrected chi connectivity index (χ2v) is 19.8. The molecule has 1 aliphatic carbocycles. The molecular weight excluding hydrogens is 827 g/mol. The van der Waals surface area contributed by atoms with Crippen molar-refractivity contribution in [2.24, 2.45) is 5.92 Å². The first-order valence-electron chi connectivity index (χ1n) is 21.9. The number of pyridine rings is 1. The van der Waals surface area contributed by atoms with Crippen LogP contribution in [0.1, 0.15) is 95.2 Å². The van der Waals surface area contributed by atoms with Crippen molar-refractivity contribution in [2.75, 3.05) is 32.1 Å². The zero-order chi connectivity index (χ0) is 43.6. The first-order valence-corrected chi connectivity index (χ1v) is 24.2. The minimum atomic E-state index is -4.14. The van der Waals surface area contributed by atoms with E-state index in [1.165, 1.54) is 15.6 Å². The fourth-order valence-electron chi connectivity index (χ4n) is 8.93. The Hall–Kier alpha value is -5.06. The normalized spacial score (nSPS) is 25.5. The maximum atomic E-state index is 14.9. The lowest BCUT2D eigenvalue weighted by Crippen LogP contribution is -2.58. The van der Waals surface area contributed by atoms with E-state index in [0.717, 1.165) is 59.4 Å². The monoisotopic (exact) mass is 883 g/mol. The van der Waals surface area contributed by atoms with Crippen molar-refractivity contribution in [3.8, 4) is 22.2 Å². The van der Waals surface area contributed by atoms with Gasteiger partial charge in [0.2, 0.25) is 11.8 Å². The van der Waals surface area contributed by atoms with Gasteiger partial charge in [0.05, 0.1) is 24.9 Å². The van der Waals surface area contributed by atoms with Crippen LogP contribution >= 0.6 is 11.3 Å². The molecule has 16 heteroatoms. The third-order valence-corrected chi connectivity index (χ3v) is 15.0. The van der Waals surface area contributed by atoms with Crippen LogP contribution in [0.2, 0.25) is 0 Å². The molecule has 2 saturated heterocycles. The van der Waals surface area contributed by atoms with Crippen molar-refractivity contribution in [3.05, 3.63) is 77.3 Å². The average Bonchev–Trinajstić information content (AvgIpc) is 3.54. The molecule has 1 saturated carbocycles. The molecule has 4 aliphatic rings. The van der Waals surface area contributed by atoms with E-state index in [1.807, 2.05) is 73.0 Å². The van der Waals surface area contributed by atoms with E-state index in [-0.39, 0.29) is 31.2 Å². The molecule has 5 atom stereocenters. The van der Waals surface area contributed by atoms with Crippen LogP contribution in [0.3, 0.4) is 0 Å². The van der Waals surface area contributed by atoms with E-state index in [4.69, 9.17) is 19.4 Å². The van der Waals surface area contributed by atoms with E-state index in [9.17, 15) is 22.8 Å². The third-order valence-electron chi connectivity index (χ3n) is 12.6. The standard InChI is InChI=1S/C46H57N7O7S2/c1-29(2)37-28-61-43(49-37)36-25-40(34-20-21-39(59-4)30(3)41(34)48-36)60-33-24-38-42(54)50-46(45(56)51-62(57,58)52-22-14-9-15-23-52)26-31(46)16-10-6-5-7-13-19-35(44(55)53(38)27-33)47-32-17-11-8-12-18-32/h8,10-12,16-18,20-21,25,28-29,31,33,35,38,47H,5-7,9,13-15,19,22-24,26-27H2,1-4H3,(H,50,54)(H,51,56)/b16-10-/t31-,33-,35+,38+,46-/m1/s1. The van der Waals surface area contributed by atoms with Gasteiger partial charge in [0.15, 0.2) is 0 Å². The highest BCUT2D eigenvalue weighted by Gasteiger charge is 2.62. The molecule has 62 heavy (non-hydrogen) atoms. The molecule has 8 rings (SSSR count). The van der Waals surface area contributed by atoms with E-state index in [2.05, 4.69) is 29.2 Å². The Labute approximate surface area is 368 Å². The number of hydrogen-bond acceptors (Lipinski definition) is 11. The van der Waals surface area contributed by atoms with E-state index in [1.54, 1.807) is 12.0 Å². The summed E-state index contributed by atoms with van der Waals surface area (Å²) in [5.74, 6) is -0.536. The molecule has 0 unspecified atom stereocenters. The van der Waals surface area contributed by atoms with Gasteiger partial charge in [-0.3, -0.25) is 14.4 Å². The van der Waals surface area contributed by atoms with Crippen LogP contribution < -0.4 is 24.8 Å². The van der Waals surface area contributed by atoms with Gasteiger partial charge in [-0.05, 0) is 75.6 Å². The highest BCUT2D eigenvalue weighted by Crippen LogP contribution is 2.46. The van der Waals surface area contributed by atoms with Crippen LogP contribution in [0.15, 0.2) is 66.1 Å². The smallest absolute Gasteiger partial charge is 0.303 e. The molecule has 0 spiro atoms. The van der Waals surface area contributed by atoms with Crippen LogP contribution in [0.5, 0.6) is 11.5 Å². The molecule has 0 radical (unpaired) electrons. The first kappa shape index (κ1) is 43.6. The van der Waals surface area contributed by atoms with E-state index >= 15 is 0 Å². The summed E-state index contributed by atoms with van der Waals surface area (Å²) >= 11 is 1.51. The Morgan fingerprint density at radius 3 is 2.52 bits per heavy atom. The van der Waals surface area contributed by atoms with Crippen LogP contribution in [0, 0.1) is 12.8 Å². The number of methoxy groups -OCH3 is 1. The largest absolute Gasteiger partial charge is 0.496 e. The van der Waals surface area contributed by atoms with Crippen molar-refractivity contribution in [3.63, 3.8) is 0 Å². The van der Waals surface area contributed by atoms with Crippen LogP contribution in [0.4, 0.5) is 5.69 Å². The van der Waals surface area contributed by atoms with Crippen LogP contribution in [0.25, 0.3) is 21.6 Å². The summed E-state index contributed by atoms with van der Waals surface area (Å²) < 4.78 is 43.1. The molecule has 3 aliphatic heterocycles. The maximum absolute atomic E-state index is 14.9. The van der Waals surface area contributed by atoms with Crippen molar-refractivity contribution in [2.45, 2.75) is 115 Å². The Morgan fingerprint density at radius 1 is 1.00 bits per heavy atom. The molecule has 3 N–H and O–H groups in total. The van der Waals surface area contributed by atoms with Crippen molar-refractivity contribution >= 4 is 55.9 Å². The quantitative estimate of drug-likeness (QED) is 0.143. The number of ether oxygens (including phenoxy) is 2. The van der Waals surface area contributed by atoms with Gasteiger partial charge in [0.1, 0.15) is 45.9 Å². The number of aromatic nitrogens is 2. The summed E-state index contributed by atoms with van der Waals surface area (Å²) in [4.78, 5) is 55.4. The summed E-state index contributed by atoms with van der Waals surface area (Å²) in [5.41, 5.74) is 2.41. The van der Waals surface area contributed by atoms with Crippen LogP contribution in [-0.4, -0.2) is 95.8 Å². The number of rotatable bonds is 10. The van der Waals surface area contributed by atoms with E-state index in [0.29, 0.717) is 55.1 Å². The lowest BCUT2D eigenvalue weighted by molar-refractivity contribution is -0.140. The molecular formula is C46H57N7O7S2. The SMILES string of the molecule is COc1ccc2c(O[C@@H]3C[C@H]4C(=O)N[C@]5(C(=O)NS(=O)(=O)N6CCCCC6)C[C@H]5/C=C\CCCCC[C@H](Nc5ccccc5)C(=O)N4C3)cc(-c3nc(C(C)C)cs3)nc2c1C. The lowest BCUT2D eigenvalue weighted by atomic mass is 10.0. The minimum absolute atomic E-state index is 0.0960. The number of hydrogen-bond donors (Lipinski definition) is 3. The summed E-state index contributed by atoms with van der Waals surface area (Å²) in [6.45, 7) is 6.89. The fourth-order valence-corrected chi connectivity index (χ4v) is 11.2. The number of piperidine rings is 1. The zero-order valence-corrected chi connectivity index (χ0v) is 37.5. The van der Waals surface area contributed by atoms with Gasteiger partial charge in [-0.15, -0.1) is 11.3 Å². The summed E-state index contributed by atoms with van der Waals surface area (Å²) in [6.07, 6.45) is 9.85. The summed E-state index contributed by atoms with van der Waals surface area (Å²) in [5, 5.41) is 9.98. The number of allylic oxidation sites excluding steroid dienone is 1. The summed E-state index contributed by atoms with van der Waals surface area (Å²) in [6, 6.07) is 13.5. The van der Waals surface area contributed by atoms with Crippen molar-refractivity contribution in [1.82, 2.24) is 29.2 Å². The van der Waals surface area contributed by atoms with Gasteiger partial charge in [0, 0.05) is 53.5 Å². The second kappa shape index (κ2) is 18.3. The van der Waals surface area contributed by atoms with Gasteiger partial charge >= 0.3 is 10.2 Å². The first-order chi connectivity index (χ1) is 29.9. The molecule has 2 aromatic heterocycles. The summed E-state index contributed by atoms with van der Waals surface area (Å²) in [7, 11) is -2.52. The van der Waals surface area contributed by atoms with Crippen molar-refractivity contribution < 1.29 is 32.3 Å². The zero-order valence-electron chi connectivity index (χ0n) is 35.9. The Kier molecular flexibility index (Phi) is 12.9. The molecule has 5 heterocycles. The Bertz CT molecular complexity index is 2440. The molecule has 3 fully saturated rings. The maximum Gasteiger partial charge on any atom is 0.303 e. The van der Waals surface area contributed by atoms with Gasteiger partial charge in [-0.2, -0.15) is 12.7 Å². The highest BCUT2D eigenvalue weighted by atomic mass is 32.2. The Morgan fingerprint density at radius 2 is 1.77 bits per heavy atom. The van der Waals surface area contributed by atoms with Gasteiger partial charge in [-0.25, -0.2) is 14.7 Å². The number of carbonyl (C=O) groups is 3. The predicted octanol–water partition coefficient (Wildman–Crippen LogP) is 6.87. The second-order valence-electron chi connectivity index (χ2n) is 17.3. The number of amides is 3. The van der Waals surface area contributed by atoms with Gasteiger partial charge < -0.3 is 25.0 Å². The minimum Gasteiger partial charge on any atom is -0.496 e. The number of thiazole rings is 1. The number of fused-ring (bicyclic) bond motifs is 3. The third kappa shape index (κ3) is 9.18. The van der Waals surface area contributed by atoms with Crippen molar-refractivity contribution in [1.29, 1.82) is 0 Å².